The van der Waals surface area contributed by atoms with Gasteiger partial charge in [0.15, 0.2) is 15.7 Å². The van der Waals surface area contributed by atoms with Crippen LogP contribution in [0.2, 0.25) is 0 Å². The van der Waals surface area contributed by atoms with Gasteiger partial charge in [0.2, 0.25) is 5.95 Å². The summed E-state index contributed by atoms with van der Waals surface area (Å²) < 4.78 is 45.0. The van der Waals surface area contributed by atoms with Gasteiger partial charge in [-0.25, -0.2) is 17.8 Å². The van der Waals surface area contributed by atoms with Gasteiger partial charge in [-0.2, -0.15) is 4.98 Å². The Bertz CT molecular complexity index is 1400. The van der Waals surface area contributed by atoms with Crippen molar-refractivity contribution >= 4 is 33.3 Å². The quantitative estimate of drug-likeness (QED) is 0.480. The first-order chi connectivity index (χ1) is 17.8. The van der Waals surface area contributed by atoms with E-state index in [4.69, 9.17) is 4.74 Å². The van der Waals surface area contributed by atoms with E-state index in [-0.39, 0.29) is 40.6 Å². The topological polar surface area (TPSA) is 101 Å². The summed E-state index contributed by atoms with van der Waals surface area (Å²) in [5, 5.41) is 3.18. The number of fused-ring (bicyclic) bond motifs is 1. The number of halogens is 1. The van der Waals surface area contributed by atoms with Crippen molar-refractivity contribution in [3.05, 3.63) is 71.2 Å². The molecule has 0 atom stereocenters. The van der Waals surface area contributed by atoms with Gasteiger partial charge in [0.1, 0.15) is 10.7 Å². The molecule has 0 unspecified atom stereocenters. The van der Waals surface area contributed by atoms with Gasteiger partial charge in [0, 0.05) is 18.8 Å². The fraction of sp³-hybridized carbons (Fsp3) is 0.370. The number of aromatic nitrogens is 2. The molecule has 0 radical (unpaired) electrons. The third-order valence-electron chi connectivity index (χ3n) is 6.98. The second kappa shape index (κ2) is 10.5. The molecule has 0 saturated carbocycles. The summed E-state index contributed by atoms with van der Waals surface area (Å²) >= 11 is 0. The van der Waals surface area contributed by atoms with Crippen LogP contribution in [0.5, 0.6) is 0 Å². The number of carbonyl (C=O) groups is 1. The van der Waals surface area contributed by atoms with Crippen molar-refractivity contribution < 1.29 is 22.3 Å². The van der Waals surface area contributed by atoms with Crippen LogP contribution in [0.3, 0.4) is 0 Å². The third kappa shape index (κ3) is 5.44. The van der Waals surface area contributed by atoms with Crippen LogP contribution in [0.25, 0.3) is 0 Å². The highest BCUT2D eigenvalue weighted by Crippen LogP contribution is 2.35. The van der Waals surface area contributed by atoms with Gasteiger partial charge in [-0.05, 0) is 60.9 Å². The normalized spacial score (nSPS) is 17.2. The number of benzene rings is 2. The number of carbonyl (C=O) groups excluding carboxylic acids is 1. The van der Waals surface area contributed by atoms with E-state index in [1.807, 2.05) is 17.0 Å². The molecule has 2 aliphatic rings. The Kier molecular flexibility index (Phi) is 7.10. The zero-order valence-corrected chi connectivity index (χ0v) is 21.4. The molecular weight excluding hydrogens is 495 g/mol. The Balaban J connectivity index is 1.41. The summed E-state index contributed by atoms with van der Waals surface area (Å²) in [6.45, 7) is 1.29. The largest absolute Gasteiger partial charge is 0.469 e. The van der Waals surface area contributed by atoms with Crippen LogP contribution in [0.1, 0.15) is 42.0 Å². The molecule has 8 nitrogen and oxygen atoms in total. The van der Waals surface area contributed by atoms with Gasteiger partial charge in [-0.3, -0.25) is 4.79 Å². The highest BCUT2D eigenvalue weighted by atomic mass is 32.2. The van der Waals surface area contributed by atoms with Gasteiger partial charge in [-0.1, -0.05) is 30.3 Å². The average molecular weight is 525 g/mol. The maximum absolute atomic E-state index is 14.3. The molecule has 2 aliphatic heterocycles. The summed E-state index contributed by atoms with van der Waals surface area (Å²) in [5.74, 6) is 0.407. The fourth-order valence-corrected chi connectivity index (χ4v) is 6.64. The van der Waals surface area contributed by atoms with Crippen LogP contribution in [0.4, 0.5) is 21.8 Å². The molecule has 3 heterocycles. The summed E-state index contributed by atoms with van der Waals surface area (Å²) in [4.78, 5) is 23.1. The van der Waals surface area contributed by atoms with Gasteiger partial charge in [0.05, 0.1) is 25.0 Å². The molecule has 3 aromatic rings. The minimum absolute atomic E-state index is 0.0590. The van der Waals surface area contributed by atoms with Gasteiger partial charge in [0.25, 0.3) is 0 Å². The number of sulfone groups is 1. The van der Waals surface area contributed by atoms with Gasteiger partial charge >= 0.3 is 5.97 Å². The number of rotatable bonds is 6. The molecule has 1 fully saturated rings. The Morgan fingerprint density at radius 1 is 1.11 bits per heavy atom. The number of methoxy groups -OCH3 is 1. The van der Waals surface area contributed by atoms with Crippen LogP contribution < -0.4 is 10.2 Å². The lowest BCUT2D eigenvalue weighted by atomic mass is 9.89. The number of piperidine rings is 1. The number of ether oxygens (including phenoxy) is 1. The Morgan fingerprint density at radius 2 is 1.84 bits per heavy atom. The van der Waals surface area contributed by atoms with Gasteiger partial charge < -0.3 is 15.0 Å². The number of esters is 1. The van der Waals surface area contributed by atoms with Crippen molar-refractivity contribution in [1.82, 2.24) is 9.97 Å². The van der Waals surface area contributed by atoms with Crippen LogP contribution >= 0.6 is 0 Å². The summed E-state index contributed by atoms with van der Waals surface area (Å²) in [7, 11) is -2.18. The van der Waals surface area contributed by atoms with Crippen LogP contribution in [-0.4, -0.2) is 50.3 Å². The van der Waals surface area contributed by atoms with Crippen molar-refractivity contribution in [2.75, 3.05) is 36.2 Å². The van der Waals surface area contributed by atoms with Crippen molar-refractivity contribution in [3.63, 3.8) is 0 Å². The van der Waals surface area contributed by atoms with E-state index >= 15 is 0 Å². The highest BCUT2D eigenvalue weighted by molar-refractivity contribution is 7.91. The number of hydrogen-bond acceptors (Lipinski definition) is 8. The zero-order chi connectivity index (χ0) is 26.0. The smallest absolute Gasteiger partial charge is 0.309 e. The highest BCUT2D eigenvalue weighted by Gasteiger charge is 2.32. The molecule has 1 aromatic heterocycles. The minimum atomic E-state index is -3.53. The van der Waals surface area contributed by atoms with Crippen molar-refractivity contribution in [2.24, 2.45) is 0 Å². The number of hydrogen-bond donors (Lipinski definition) is 1. The van der Waals surface area contributed by atoms with Crippen molar-refractivity contribution in [1.29, 1.82) is 0 Å². The van der Waals surface area contributed by atoms with E-state index in [9.17, 15) is 17.6 Å². The molecule has 1 N–H and O–H groups in total. The number of anilines is 3. The van der Waals surface area contributed by atoms with Crippen LogP contribution in [0, 0.1) is 5.82 Å². The molecule has 0 spiro atoms. The van der Waals surface area contributed by atoms with Crippen molar-refractivity contribution in [2.45, 2.75) is 42.9 Å². The molecule has 2 aromatic carbocycles. The van der Waals surface area contributed by atoms with E-state index in [1.54, 1.807) is 30.3 Å². The first kappa shape index (κ1) is 25.1. The summed E-state index contributed by atoms with van der Waals surface area (Å²) in [6, 6.07) is 14.0. The summed E-state index contributed by atoms with van der Waals surface area (Å²) in [5.41, 5.74) is 2.70. The Labute approximate surface area is 215 Å². The average Bonchev–Trinajstić information content (AvgIpc) is 2.89. The molecule has 0 amide bonds. The fourth-order valence-electron chi connectivity index (χ4n) is 5.02. The molecule has 10 heteroatoms. The maximum Gasteiger partial charge on any atom is 0.309 e. The molecule has 5 rings (SSSR count). The molecule has 37 heavy (non-hydrogen) atoms. The van der Waals surface area contributed by atoms with Crippen LogP contribution in [-0.2, 0) is 32.2 Å². The number of nitrogens with one attached hydrogen (secondary N) is 1. The van der Waals surface area contributed by atoms with Crippen molar-refractivity contribution in [3.8, 4) is 0 Å². The second-order valence-electron chi connectivity index (χ2n) is 9.43. The van der Waals surface area contributed by atoms with E-state index in [1.165, 1.54) is 13.2 Å². The van der Waals surface area contributed by atoms with Gasteiger partial charge in [-0.15, -0.1) is 0 Å². The first-order valence-corrected chi connectivity index (χ1v) is 14.0. The number of nitrogens with zero attached hydrogens (tertiary/aromatic N) is 3. The van der Waals surface area contributed by atoms with E-state index in [2.05, 4.69) is 15.3 Å². The lowest BCUT2D eigenvalue weighted by Gasteiger charge is -2.33. The lowest BCUT2D eigenvalue weighted by Crippen LogP contribution is -2.35. The minimum Gasteiger partial charge on any atom is -0.469 e. The predicted octanol–water partition coefficient (Wildman–Crippen LogP) is 4.18. The first-order valence-electron chi connectivity index (χ1n) is 12.4. The van der Waals surface area contributed by atoms with E-state index < -0.39 is 9.84 Å². The molecule has 1 saturated heterocycles. The standard InChI is InChI=1S/C27H29FN4O4S/c1-36-24(33)17-18-8-10-20(11-9-18)29-26-25-23(7-4-16-37(25,34)35)30-27(31-26)32-14-12-19(13-15-32)21-5-2-3-6-22(21)28/h2-3,5-6,8-11,19H,4,7,12-17H2,1H3,(H,29,30,31). The predicted molar refractivity (Wildman–Crippen MR) is 138 cm³/mol. The molecule has 0 aliphatic carbocycles. The van der Waals surface area contributed by atoms with E-state index in [0.29, 0.717) is 43.3 Å². The van der Waals surface area contributed by atoms with E-state index in [0.717, 1.165) is 24.0 Å². The maximum atomic E-state index is 14.3. The molecule has 0 bridgehead atoms. The third-order valence-corrected chi connectivity index (χ3v) is 8.85. The lowest BCUT2D eigenvalue weighted by molar-refractivity contribution is -0.139. The Morgan fingerprint density at radius 3 is 2.54 bits per heavy atom. The SMILES string of the molecule is COC(=O)Cc1ccc(Nc2nc(N3CCC(c4ccccc4F)CC3)nc3c2S(=O)(=O)CCC3)cc1. The Hall–Kier alpha value is -3.53. The molecule has 194 valence electrons. The molecular formula is C27H29FN4O4S. The second-order valence-corrected chi connectivity index (χ2v) is 11.5. The monoisotopic (exact) mass is 524 g/mol. The zero-order valence-electron chi connectivity index (χ0n) is 20.6. The van der Waals surface area contributed by atoms with Crippen LogP contribution in [0.15, 0.2) is 53.4 Å². The number of aryl methyl sites for hydroxylation is 1. The summed E-state index contributed by atoms with van der Waals surface area (Å²) in [6.07, 6.45) is 2.74.